The van der Waals surface area contributed by atoms with Gasteiger partial charge < -0.3 is 4.74 Å². The van der Waals surface area contributed by atoms with E-state index >= 15 is 0 Å². The summed E-state index contributed by atoms with van der Waals surface area (Å²) in [5.74, 6) is 0.0694. The molecule has 0 aliphatic carbocycles. The van der Waals surface area contributed by atoms with E-state index in [2.05, 4.69) is 0 Å². The van der Waals surface area contributed by atoms with E-state index in [4.69, 9.17) is 4.74 Å². The smallest absolute Gasteiger partial charge is 0.263 e. The fourth-order valence-electron chi connectivity index (χ4n) is 2.44. The molecule has 0 saturated heterocycles. The van der Waals surface area contributed by atoms with Crippen LogP contribution in [0, 0.1) is 13.8 Å². The summed E-state index contributed by atoms with van der Waals surface area (Å²) in [4.78, 5) is 11.8. The first-order chi connectivity index (χ1) is 11.8. The van der Waals surface area contributed by atoms with Crippen LogP contribution >= 0.6 is 0 Å². The van der Waals surface area contributed by atoms with E-state index in [0.717, 1.165) is 17.2 Å². The van der Waals surface area contributed by atoms with Crippen molar-refractivity contribution in [2.75, 3.05) is 5.06 Å². The van der Waals surface area contributed by atoms with Crippen LogP contribution in [-0.4, -0.2) is 11.1 Å². The van der Waals surface area contributed by atoms with Gasteiger partial charge in [0.1, 0.15) is 12.4 Å². The van der Waals surface area contributed by atoms with Crippen molar-refractivity contribution in [3.05, 3.63) is 58.7 Å². The summed E-state index contributed by atoms with van der Waals surface area (Å²) in [6.07, 6.45) is -2.65. The quantitative estimate of drug-likeness (QED) is 0.593. The Balaban J connectivity index is 2.30. The average Bonchev–Trinajstić information content (AvgIpc) is 2.59. The first-order valence-corrected chi connectivity index (χ1v) is 7.96. The molecule has 4 nitrogen and oxygen atoms in total. The van der Waals surface area contributed by atoms with Gasteiger partial charge in [-0.2, -0.15) is 5.06 Å². The molecule has 0 fully saturated rings. The third kappa shape index (κ3) is 4.54. The molecular formula is C19H21F2NO3. The van der Waals surface area contributed by atoms with Gasteiger partial charge in [-0.1, -0.05) is 36.8 Å². The minimum Gasteiger partial charge on any atom is -0.489 e. The van der Waals surface area contributed by atoms with E-state index in [1.165, 1.54) is 12.1 Å². The maximum atomic E-state index is 13.0. The predicted molar refractivity (Wildman–Crippen MR) is 91.2 cm³/mol. The van der Waals surface area contributed by atoms with Gasteiger partial charge in [-0.05, 0) is 31.5 Å². The number of anilines is 1. The van der Waals surface area contributed by atoms with Crippen molar-refractivity contribution in [3.8, 4) is 5.75 Å². The lowest BCUT2D eigenvalue weighted by atomic mass is 10.1. The molecule has 134 valence electrons. The molecule has 25 heavy (non-hydrogen) atoms. The predicted octanol–water partition coefficient (Wildman–Crippen LogP) is 4.95. The lowest BCUT2D eigenvalue weighted by Gasteiger charge is -2.20. The van der Waals surface area contributed by atoms with Crippen LogP contribution in [0.4, 0.5) is 14.5 Å². The highest BCUT2D eigenvalue weighted by Gasteiger charge is 2.19. The summed E-state index contributed by atoms with van der Waals surface area (Å²) in [5, 5.41) is 10.5. The lowest BCUT2D eigenvalue weighted by Crippen LogP contribution is -2.27. The van der Waals surface area contributed by atoms with Gasteiger partial charge in [0.05, 0.1) is 5.69 Å². The highest BCUT2D eigenvalue weighted by Crippen LogP contribution is 2.29. The van der Waals surface area contributed by atoms with Crippen molar-refractivity contribution in [1.29, 1.82) is 0 Å². The van der Waals surface area contributed by atoms with Crippen molar-refractivity contribution in [3.63, 3.8) is 0 Å². The van der Waals surface area contributed by atoms with Gasteiger partial charge in [-0.25, -0.2) is 8.78 Å². The van der Waals surface area contributed by atoms with Crippen LogP contribution in [0.5, 0.6) is 5.75 Å². The van der Waals surface area contributed by atoms with E-state index in [1.807, 2.05) is 32.0 Å². The number of halogens is 2. The molecule has 2 aromatic rings. The molecule has 2 aromatic carbocycles. The molecule has 6 heteroatoms. The zero-order chi connectivity index (χ0) is 18.6. The minimum atomic E-state index is -2.70. The number of hydroxylamine groups is 1. The molecule has 0 unspecified atom stereocenters. The van der Waals surface area contributed by atoms with Gasteiger partial charge in [-0.15, -0.1) is 0 Å². The maximum Gasteiger partial charge on any atom is 0.263 e. The molecule has 1 amide bonds. The summed E-state index contributed by atoms with van der Waals surface area (Å²) < 4.78 is 31.6. The van der Waals surface area contributed by atoms with Gasteiger partial charge in [0, 0.05) is 17.5 Å². The number of alkyl halides is 2. The van der Waals surface area contributed by atoms with Gasteiger partial charge in [-0.3, -0.25) is 10.0 Å². The SMILES string of the molecule is CCC(=O)N(O)c1cc(C(F)F)ccc1COc1ccc(C)cc1C. The van der Waals surface area contributed by atoms with Gasteiger partial charge in [0.15, 0.2) is 0 Å². The fourth-order valence-corrected chi connectivity index (χ4v) is 2.44. The first kappa shape index (κ1) is 18.9. The second-order valence-corrected chi connectivity index (χ2v) is 5.81. The van der Waals surface area contributed by atoms with Gasteiger partial charge >= 0.3 is 0 Å². The minimum absolute atomic E-state index is 0.00872. The van der Waals surface area contributed by atoms with E-state index in [1.54, 1.807) is 6.92 Å². The number of aryl methyl sites for hydroxylation is 2. The van der Waals surface area contributed by atoms with E-state index in [0.29, 0.717) is 16.4 Å². The largest absolute Gasteiger partial charge is 0.489 e. The molecule has 0 bridgehead atoms. The van der Waals surface area contributed by atoms with Crippen LogP contribution in [0.15, 0.2) is 36.4 Å². The van der Waals surface area contributed by atoms with Crippen molar-refractivity contribution >= 4 is 11.6 Å². The maximum absolute atomic E-state index is 13.0. The third-order valence-electron chi connectivity index (χ3n) is 3.84. The molecule has 0 aliphatic rings. The number of ether oxygens (including phenoxy) is 1. The Morgan fingerprint density at radius 2 is 1.92 bits per heavy atom. The summed E-state index contributed by atoms with van der Waals surface area (Å²) >= 11 is 0. The molecule has 0 radical (unpaired) electrons. The van der Waals surface area contributed by atoms with Crippen LogP contribution in [0.2, 0.25) is 0 Å². The summed E-state index contributed by atoms with van der Waals surface area (Å²) in [6, 6.07) is 9.51. The molecular weight excluding hydrogens is 328 g/mol. The third-order valence-corrected chi connectivity index (χ3v) is 3.84. The van der Waals surface area contributed by atoms with E-state index in [9.17, 15) is 18.8 Å². The van der Waals surface area contributed by atoms with Crippen LogP contribution < -0.4 is 9.80 Å². The number of rotatable bonds is 6. The highest BCUT2D eigenvalue weighted by atomic mass is 19.3. The summed E-state index contributed by atoms with van der Waals surface area (Å²) in [5.41, 5.74) is 2.22. The second kappa shape index (κ2) is 8.07. The number of carbonyl (C=O) groups excluding carboxylic acids is 1. The Bertz CT molecular complexity index is 762. The normalized spacial score (nSPS) is 10.8. The number of hydrogen-bond donors (Lipinski definition) is 1. The van der Waals surface area contributed by atoms with Gasteiger partial charge in [0.2, 0.25) is 5.91 Å². The standard InChI is InChI=1S/C19H21F2NO3/c1-4-18(23)22(24)16-10-14(19(20)21)6-7-15(16)11-25-17-8-5-12(2)9-13(17)3/h5-10,19,24H,4,11H2,1-3H3. The summed E-state index contributed by atoms with van der Waals surface area (Å²) in [7, 11) is 0. The molecule has 0 atom stereocenters. The molecule has 0 aromatic heterocycles. The zero-order valence-corrected chi connectivity index (χ0v) is 14.4. The monoisotopic (exact) mass is 349 g/mol. The van der Waals surface area contributed by atoms with Crippen molar-refractivity contribution in [1.82, 2.24) is 0 Å². The molecule has 2 rings (SSSR count). The highest BCUT2D eigenvalue weighted by molar-refractivity contribution is 5.91. The van der Waals surface area contributed by atoms with Crippen molar-refractivity contribution < 1.29 is 23.5 Å². The van der Waals surface area contributed by atoms with Crippen LogP contribution in [0.3, 0.4) is 0 Å². The van der Waals surface area contributed by atoms with Gasteiger partial charge in [0.25, 0.3) is 6.43 Å². The Morgan fingerprint density at radius 3 is 2.52 bits per heavy atom. The number of benzene rings is 2. The van der Waals surface area contributed by atoms with E-state index in [-0.39, 0.29) is 24.3 Å². The van der Waals surface area contributed by atoms with Crippen LogP contribution in [0.1, 0.15) is 42.0 Å². The van der Waals surface area contributed by atoms with Crippen LogP contribution in [0.25, 0.3) is 0 Å². The van der Waals surface area contributed by atoms with Crippen molar-refractivity contribution in [2.45, 2.75) is 40.2 Å². The first-order valence-electron chi connectivity index (χ1n) is 7.96. The molecule has 0 saturated carbocycles. The Kier molecular flexibility index (Phi) is 6.09. The molecule has 0 aliphatic heterocycles. The number of hydrogen-bond acceptors (Lipinski definition) is 3. The molecule has 1 N–H and O–H groups in total. The van der Waals surface area contributed by atoms with E-state index < -0.39 is 12.3 Å². The second-order valence-electron chi connectivity index (χ2n) is 5.81. The molecule has 0 spiro atoms. The number of nitrogens with zero attached hydrogens (tertiary/aromatic N) is 1. The number of carbonyl (C=O) groups is 1. The zero-order valence-electron chi connectivity index (χ0n) is 14.4. The topological polar surface area (TPSA) is 49.8 Å². The lowest BCUT2D eigenvalue weighted by molar-refractivity contribution is -0.123. The Labute approximate surface area is 145 Å². The Hall–Kier alpha value is -2.47. The van der Waals surface area contributed by atoms with Crippen LogP contribution in [-0.2, 0) is 11.4 Å². The molecule has 0 heterocycles. The summed E-state index contributed by atoms with van der Waals surface area (Å²) in [6.45, 7) is 5.49. The Morgan fingerprint density at radius 1 is 1.20 bits per heavy atom. The number of amides is 1. The average molecular weight is 349 g/mol. The fraction of sp³-hybridized carbons (Fsp3) is 0.316. The van der Waals surface area contributed by atoms with Crippen molar-refractivity contribution in [2.24, 2.45) is 0 Å².